The highest BCUT2D eigenvalue weighted by Gasteiger charge is 2.17. The predicted octanol–water partition coefficient (Wildman–Crippen LogP) is 3.66. The number of para-hydroxylation sites is 2. The van der Waals surface area contributed by atoms with Gasteiger partial charge in [0.1, 0.15) is 5.75 Å². The summed E-state index contributed by atoms with van der Waals surface area (Å²) >= 11 is 0. The van der Waals surface area contributed by atoms with Gasteiger partial charge < -0.3 is 15.4 Å². The van der Waals surface area contributed by atoms with E-state index in [1.807, 2.05) is 12.1 Å². The maximum Gasteiger partial charge on any atom is 0.142 e. The zero-order chi connectivity index (χ0) is 14.4. The third kappa shape index (κ3) is 4.71. The highest BCUT2D eigenvalue weighted by Crippen LogP contribution is 2.24. The molecule has 0 radical (unpaired) electrons. The van der Waals surface area contributed by atoms with Crippen LogP contribution in [-0.4, -0.2) is 25.2 Å². The Balaban J connectivity index is 1.88. The largest absolute Gasteiger partial charge is 0.491 e. The molecule has 112 valence electrons. The van der Waals surface area contributed by atoms with E-state index in [1.165, 1.54) is 19.3 Å². The number of benzene rings is 1. The summed E-state index contributed by atoms with van der Waals surface area (Å²) in [5.41, 5.74) is 1.10. The molecule has 0 bridgehead atoms. The number of piperidine rings is 1. The Bertz CT molecular complexity index is 406. The predicted molar refractivity (Wildman–Crippen MR) is 85.5 cm³/mol. The average molecular weight is 276 g/mol. The van der Waals surface area contributed by atoms with E-state index in [9.17, 15) is 0 Å². The second-order valence-corrected chi connectivity index (χ2v) is 6.28. The molecule has 0 aromatic heterocycles. The molecule has 1 saturated heterocycles. The van der Waals surface area contributed by atoms with Crippen LogP contribution in [0, 0.1) is 5.92 Å². The third-order valence-electron chi connectivity index (χ3n) is 3.71. The Kier molecular flexibility index (Phi) is 5.72. The van der Waals surface area contributed by atoms with Crippen molar-refractivity contribution in [2.75, 3.05) is 18.5 Å². The fourth-order valence-corrected chi connectivity index (χ4v) is 2.63. The molecule has 2 atom stereocenters. The first-order chi connectivity index (χ1) is 9.65. The van der Waals surface area contributed by atoms with Crippen LogP contribution < -0.4 is 15.4 Å². The van der Waals surface area contributed by atoms with E-state index in [4.69, 9.17) is 4.74 Å². The number of nitrogens with one attached hydrogen (secondary N) is 2. The van der Waals surface area contributed by atoms with Crippen molar-refractivity contribution in [3.8, 4) is 5.75 Å². The van der Waals surface area contributed by atoms with Crippen molar-refractivity contribution >= 4 is 5.69 Å². The molecule has 2 N–H and O–H groups in total. The van der Waals surface area contributed by atoms with Gasteiger partial charge in [-0.05, 0) is 37.8 Å². The molecule has 1 heterocycles. The summed E-state index contributed by atoms with van der Waals surface area (Å²) in [5, 5.41) is 7.19. The van der Waals surface area contributed by atoms with Gasteiger partial charge in [-0.25, -0.2) is 0 Å². The molecule has 1 aromatic carbocycles. The molecule has 1 aromatic rings. The van der Waals surface area contributed by atoms with Crippen molar-refractivity contribution in [3.05, 3.63) is 24.3 Å². The first kappa shape index (κ1) is 15.2. The lowest BCUT2D eigenvalue weighted by Crippen LogP contribution is -2.44. The highest BCUT2D eigenvalue weighted by molar-refractivity contribution is 5.56. The summed E-state index contributed by atoms with van der Waals surface area (Å²) < 4.78 is 5.88. The second kappa shape index (κ2) is 7.53. The van der Waals surface area contributed by atoms with Crippen molar-refractivity contribution in [3.63, 3.8) is 0 Å². The van der Waals surface area contributed by atoms with Crippen LogP contribution in [0.3, 0.4) is 0 Å². The fraction of sp³-hybridized carbons (Fsp3) is 0.647. The number of hydrogen-bond acceptors (Lipinski definition) is 3. The van der Waals surface area contributed by atoms with E-state index in [0.29, 0.717) is 18.0 Å². The molecule has 0 amide bonds. The third-order valence-corrected chi connectivity index (χ3v) is 3.71. The molecule has 2 unspecified atom stereocenters. The van der Waals surface area contributed by atoms with E-state index in [0.717, 1.165) is 24.6 Å². The average Bonchev–Trinajstić information content (AvgIpc) is 2.44. The molecule has 2 rings (SSSR count). The molecule has 0 aliphatic carbocycles. The summed E-state index contributed by atoms with van der Waals surface area (Å²) in [6, 6.07) is 9.44. The normalized spacial score (nSPS) is 22.8. The van der Waals surface area contributed by atoms with E-state index in [2.05, 4.69) is 43.5 Å². The standard InChI is InChI=1S/C17H28N2O/c1-13(2)12-20-17-10-5-4-9-16(17)18-11-15-8-6-7-14(3)19-15/h4-5,9-10,13-15,18-19H,6-8,11-12H2,1-3H3. The molecule has 1 fully saturated rings. The quantitative estimate of drug-likeness (QED) is 0.832. The van der Waals surface area contributed by atoms with Gasteiger partial charge in [0.05, 0.1) is 12.3 Å². The molecule has 3 nitrogen and oxygen atoms in total. The number of hydrogen-bond donors (Lipinski definition) is 2. The van der Waals surface area contributed by atoms with Crippen molar-refractivity contribution < 1.29 is 4.74 Å². The molecular weight excluding hydrogens is 248 g/mol. The van der Waals surface area contributed by atoms with Crippen LogP contribution in [0.5, 0.6) is 5.75 Å². The first-order valence-electron chi connectivity index (χ1n) is 7.87. The minimum Gasteiger partial charge on any atom is -0.491 e. The molecule has 1 aliphatic rings. The van der Waals surface area contributed by atoms with Gasteiger partial charge >= 0.3 is 0 Å². The highest BCUT2D eigenvalue weighted by atomic mass is 16.5. The van der Waals surface area contributed by atoms with Gasteiger partial charge in [-0.3, -0.25) is 0 Å². The van der Waals surface area contributed by atoms with Crippen molar-refractivity contribution in [2.24, 2.45) is 5.92 Å². The molecule has 20 heavy (non-hydrogen) atoms. The molecule has 1 aliphatic heterocycles. The van der Waals surface area contributed by atoms with E-state index in [1.54, 1.807) is 0 Å². The van der Waals surface area contributed by atoms with E-state index < -0.39 is 0 Å². The minimum atomic E-state index is 0.545. The Morgan fingerprint density at radius 2 is 2.10 bits per heavy atom. The topological polar surface area (TPSA) is 33.3 Å². The number of ether oxygens (including phenoxy) is 1. The van der Waals surface area contributed by atoms with Crippen LogP contribution in [0.1, 0.15) is 40.0 Å². The Morgan fingerprint density at radius 3 is 2.85 bits per heavy atom. The fourth-order valence-electron chi connectivity index (χ4n) is 2.63. The van der Waals surface area contributed by atoms with Crippen molar-refractivity contribution in [1.82, 2.24) is 5.32 Å². The lowest BCUT2D eigenvalue weighted by molar-refractivity contribution is 0.272. The summed E-state index contributed by atoms with van der Waals surface area (Å²) in [6.07, 6.45) is 3.88. The van der Waals surface area contributed by atoms with Crippen molar-refractivity contribution in [1.29, 1.82) is 0 Å². The Hall–Kier alpha value is -1.22. The summed E-state index contributed by atoms with van der Waals surface area (Å²) in [7, 11) is 0. The molecule has 0 saturated carbocycles. The van der Waals surface area contributed by atoms with Gasteiger partial charge in [0.2, 0.25) is 0 Å². The second-order valence-electron chi connectivity index (χ2n) is 6.28. The maximum atomic E-state index is 5.88. The Morgan fingerprint density at radius 1 is 1.30 bits per heavy atom. The zero-order valence-corrected chi connectivity index (χ0v) is 13.0. The first-order valence-corrected chi connectivity index (χ1v) is 7.87. The SMILES string of the molecule is CC(C)COc1ccccc1NCC1CCCC(C)N1. The molecular formula is C17H28N2O. The van der Waals surface area contributed by atoms with E-state index in [-0.39, 0.29) is 0 Å². The van der Waals surface area contributed by atoms with Gasteiger partial charge in [-0.2, -0.15) is 0 Å². The smallest absolute Gasteiger partial charge is 0.142 e. The summed E-state index contributed by atoms with van der Waals surface area (Å²) in [4.78, 5) is 0. The van der Waals surface area contributed by atoms with Crippen LogP contribution in [0.25, 0.3) is 0 Å². The van der Waals surface area contributed by atoms with E-state index >= 15 is 0 Å². The lowest BCUT2D eigenvalue weighted by Gasteiger charge is -2.29. The molecule has 0 spiro atoms. The van der Waals surface area contributed by atoms with Crippen LogP contribution >= 0.6 is 0 Å². The van der Waals surface area contributed by atoms with Crippen molar-refractivity contribution in [2.45, 2.75) is 52.1 Å². The zero-order valence-electron chi connectivity index (χ0n) is 13.0. The molecule has 3 heteroatoms. The summed E-state index contributed by atoms with van der Waals surface area (Å²) in [5.74, 6) is 1.51. The minimum absolute atomic E-state index is 0.545. The van der Waals surface area contributed by atoms with Gasteiger partial charge in [0.15, 0.2) is 0 Å². The van der Waals surface area contributed by atoms with Gasteiger partial charge in [-0.15, -0.1) is 0 Å². The van der Waals surface area contributed by atoms with Crippen LogP contribution in [0.4, 0.5) is 5.69 Å². The lowest BCUT2D eigenvalue weighted by atomic mass is 9.99. The Labute approximate surface area is 123 Å². The van der Waals surface area contributed by atoms with Crippen LogP contribution in [0.15, 0.2) is 24.3 Å². The van der Waals surface area contributed by atoms with Gasteiger partial charge in [0, 0.05) is 18.6 Å². The summed E-state index contributed by atoms with van der Waals surface area (Å²) in [6.45, 7) is 8.34. The monoisotopic (exact) mass is 276 g/mol. The number of rotatable bonds is 6. The van der Waals surface area contributed by atoms with Crippen LogP contribution in [0.2, 0.25) is 0 Å². The van der Waals surface area contributed by atoms with Crippen LogP contribution in [-0.2, 0) is 0 Å². The number of anilines is 1. The maximum absolute atomic E-state index is 5.88. The van der Waals surface area contributed by atoms with Gasteiger partial charge in [-0.1, -0.05) is 32.4 Å². The van der Waals surface area contributed by atoms with Gasteiger partial charge in [0.25, 0.3) is 0 Å².